The minimum Gasteiger partial charge on any atom is -0.382 e. The minimum atomic E-state index is -4.24. The molecule has 1 saturated heterocycles. The Morgan fingerprint density at radius 1 is 1.08 bits per heavy atom. The lowest BCUT2D eigenvalue weighted by Gasteiger charge is -2.24. The highest BCUT2D eigenvalue weighted by molar-refractivity contribution is 6.32. The molecule has 0 amide bonds. The molecule has 2 N–H and O–H groups in total. The number of hydrogen-bond donors (Lipinski definition) is 2. The molecule has 1 aromatic carbocycles. The van der Waals surface area contributed by atoms with Crippen LogP contribution in [0.5, 0.6) is 0 Å². The quantitative estimate of drug-likeness (QED) is 0.421. The van der Waals surface area contributed by atoms with Crippen LogP contribution in [0.15, 0.2) is 35.3 Å². The van der Waals surface area contributed by atoms with Crippen LogP contribution < -0.4 is 16.2 Å². The highest BCUT2D eigenvalue weighted by atomic mass is 35.5. The molecule has 1 aromatic heterocycles. The molecular formula is C28H36ClF3N4O2. The number of halogens is 4. The number of hydrogen-bond acceptors (Lipinski definition) is 5. The van der Waals surface area contributed by atoms with Crippen LogP contribution in [-0.4, -0.2) is 35.6 Å². The standard InChI is InChI=1S/C18H26ClN3O2.C10H10F3N/c1-11-14-10-24-9-12(16(11)14)7-20-15-8-21-22(18(23)17(15)19)13-5-3-2-4-6-13;11-10(12,13)7-1-3-8(4-2-7)14-9-5-6-9/h8,11-14,16,20H,2-7,9-10H2,1H3;1-4,9,14H,5-6H2/t11-,12?,14?,16?;/m0./s1. The van der Waals surface area contributed by atoms with Crippen LogP contribution in [-0.2, 0) is 10.9 Å². The fourth-order valence-electron chi connectivity index (χ4n) is 5.90. The molecule has 1 aliphatic heterocycles. The average molecular weight is 553 g/mol. The largest absolute Gasteiger partial charge is 0.416 e. The Morgan fingerprint density at radius 2 is 1.79 bits per heavy atom. The molecule has 3 unspecified atom stereocenters. The van der Waals surface area contributed by atoms with Crippen LogP contribution in [0.2, 0.25) is 5.02 Å². The lowest BCUT2D eigenvalue weighted by Crippen LogP contribution is -2.31. The van der Waals surface area contributed by atoms with E-state index in [9.17, 15) is 18.0 Å². The van der Waals surface area contributed by atoms with E-state index in [1.165, 1.54) is 31.4 Å². The predicted molar refractivity (Wildman–Crippen MR) is 143 cm³/mol. The van der Waals surface area contributed by atoms with Gasteiger partial charge in [-0.2, -0.15) is 18.3 Å². The summed E-state index contributed by atoms with van der Waals surface area (Å²) in [6.45, 7) is 4.79. The van der Waals surface area contributed by atoms with Gasteiger partial charge in [-0.05, 0) is 67.7 Å². The first-order chi connectivity index (χ1) is 18.2. The molecule has 4 aliphatic rings. The Hall–Kier alpha value is -2.26. The maximum absolute atomic E-state index is 12.6. The van der Waals surface area contributed by atoms with Gasteiger partial charge < -0.3 is 15.4 Å². The van der Waals surface area contributed by atoms with Crippen LogP contribution in [0, 0.1) is 23.7 Å². The Labute approximate surface area is 226 Å². The maximum atomic E-state index is 12.6. The zero-order valence-electron chi connectivity index (χ0n) is 21.6. The van der Waals surface area contributed by atoms with Crippen molar-refractivity contribution in [2.75, 3.05) is 30.4 Å². The third kappa shape index (κ3) is 6.47. The Kier molecular flexibility index (Phi) is 8.24. The first kappa shape index (κ1) is 27.3. The summed E-state index contributed by atoms with van der Waals surface area (Å²) in [5, 5.41) is 11.1. The number of rotatable bonds is 6. The summed E-state index contributed by atoms with van der Waals surface area (Å²) in [5.74, 6) is 2.72. The van der Waals surface area contributed by atoms with Crippen molar-refractivity contribution in [2.45, 2.75) is 70.1 Å². The number of anilines is 2. The summed E-state index contributed by atoms with van der Waals surface area (Å²) in [6.07, 6.45) is 5.34. The second-order valence-corrected chi connectivity index (χ2v) is 11.6. The number of benzene rings is 1. The van der Waals surface area contributed by atoms with E-state index in [2.05, 4.69) is 22.7 Å². The highest BCUT2D eigenvalue weighted by Crippen LogP contribution is 2.53. The lowest BCUT2D eigenvalue weighted by molar-refractivity contribution is -0.137. The molecule has 6 rings (SSSR count). The topological polar surface area (TPSA) is 68.2 Å². The van der Waals surface area contributed by atoms with Crippen molar-refractivity contribution in [1.82, 2.24) is 9.78 Å². The van der Waals surface area contributed by atoms with E-state index in [1.807, 2.05) is 0 Å². The molecular weight excluding hydrogens is 517 g/mol. The zero-order chi connectivity index (χ0) is 26.9. The third-order valence-corrected chi connectivity index (χ3v) is 8.77. The van der Waals surface area contributed by atoms with Crippen molar-refractivity contribution in [3.8, 4) is 0 Å². The SMILES string of the molecule is C[C@H]1C2COCC(CNc3cnn(C4CCCCC4)c(=O)c3Cl)C21.FC(F)(F)c1ccc(NC2CC2)cc1. The molecule has 0 radical (unpaired) electrons. The first-order valence-corrected chi connectivity index (χ1v) is 14.1. The van der Waals surface area contributed by atoms with Crippen LogP contribution in [0.25, 0.3) is 0 Å². The zero-order valence-corrected chi connectivity index (χ0v) is 22.4. The van der Waals surface area contributed by atoms with Crippen molar-refractivity contribution in [1.29, 1.82) is 0 Å². The molecule has 2 aromatic rings. The summed E-state index contributed by atoms with van der Waals surface area (Å²) < 4.78 is 43.8. The number of nitrogens with zero attached hydrogens (tertiary/aromatic N) is 2. The molecule has 4 atom stereocenters. The first-order valence-electron chi connectivity index (χ1n) is 13.7. The van der Waals surface area contributed by atoms with Crippen molar-refractivity contribution in [3.63, 3.8) is 0 Å². The van der Waals surface area contributed by atoms with Crippen molar-refractivity contribution in [2.24, 2.45) is 23.7 Å². The molecule has 6 nitrogen and oxygen atoms in total. The van der Waals surface area contributed by atoms with Gasteiger partial charge in [0.15, 0.2) is 0 Å². The van der Waals surface area contributed by atoms with E-state index < -0.39 is 11.7 Å². The van der Waals surface area contributed by atoms with E-state index >= 15 is 0 Å². The fourth-order valence-corrected chi connectivity index (χ4v) is 6.10. The molecule has 10 heteroatoms. The van der Waals surface area contributed by atoms with Crippen LogP contribution in [0.3, 0.4) is 0 Å². The number of fused-ring (bicyclic) bond motifs is 1. The van der Waals surface area contributed by atoms with Crippen LogP contribution >= 0.6 is 11.6 Å². The van der Waals surface area contributed by atoms with Crippen molar-refractivity contribution in [3.05, 3.63) is 51.4 Å². The number of ether oxygens (including phenoxy) is 1. The monoisotopic (exact) mass is 552 g/mol. The Bertz CT molecular complexity index is 1150. The summed E-state index contributed by atoms with van der Waals surface area (Å²) in [5.41, 5.74) is 0.662. The molecule has 3 saturated carbocycles. The number of nitrogens with one attached hydrogen (secondary N) is 2. The van der Waals surface area contributed by atoms with E-state index in [0.29, 0.717) is 17.6 Å². The van der Waals surface area contributed by atoms with E-state index in [1.54, 1.807) is 10.9 Å². The fraction of sp³-hybridized carbons (Fsp3) is 0.643. The van der Waals surface area contributed by atoms with E-state index in [0.717, 1.165) is 81.0 Å². The van der Waals surface area contributed by atoms with Gasteiger partial charge in [0, 0.05) is 30.8 Å². The van der Waals surface area contributed by atoms with Gasteiger partial charge in [0.1, 0.15) is 5.02 Å². The second kappa shape index (κ2) is 11.5. The predicted octanol–water partition coefficient (Wildman–Crippen LogP) is 6.62. The van der Waals surface area contributed by atoms with E-state index in [-0.39, 0.29) is 16.6 Å². The molecule has 38 heavy (non-hydrogen) atoms. The average Bonchev–Trinajstić information content (AvgIpc) is 3.84. The normalized spacial score (nSPS) is 27.1. The van der Waals surface area contributed by atoms with Gasteiger partial charge in [-0.1, -0.05) is 37.8 Å². The van der Waals surface area contributed by atoms with Gasteiger partial charge >= 0.3 is 6.18 Å². The Morgan fingerprint density at radius 3 is 2.45 bits per heavy atom. The van der Waals surface area contributed by atoms with Gasteiger partial charge in [0.2, 0.25) is 0 Å². The summed E-state index contributed by atoms with van der Waals surface area (Å²) in [4.78, 5) is 12.6. The minimum absolute atomic E-state index is 0.161. The number of alkyl halides is 3. The molecule has 0 spiro atoms. The molecule has 2 heterocycles. The van der Waals surface area contributed by atoms with Crippen LogP contribution in [0.1, 0.15) is 63.5 Å². The third-order valence-electron chi connectivity index (χ3n) is 8.40. The van der Waals surface area contributed by atoms with Gasteiger partial charge in [-0.15, -0.1) is 0 Å². The van der Waals surface area contributed by atoms with Crippen LogP contribution in [0.4, 0.5) is 24.5 Å². The lowest BCUT2D eigenvalue weighted by atomic mass is 9.96. The smallest absolute Gasteiger partial charge is 0.382 e. The summed E-state index contributed by atoms with van der Waals surface area (Å²) in [7, 11) is 0. The van der Waals surface area contributed by atoms with Gasteiger partial charge in [-0.3, -0.25) is 4.79 Å². The second-order valence-electron chi connectivity index (χ2n) is 11.2. The summed E-state index contributed by atoms with van der Waals surface area (Å²) in [6, 6.07) is 5.82. The van der Waals surface area contributed by atoms with Gasteiger partial charge in [-0.25, -0.2) is 4.68 Å². The van der Waals surface area contributed by atoms with Crippen molar-refractivity contribution >= 4 is 23.0 Å². The number of aromatic nitrogens is 2. The molecule has 3 aliphatic carbocycles. The Balaban J connectivity index is 0.000000179. The van der Waals surface area contributed by atoms with Gasteiger partial charge in [0.25, 0.3) is 5.56 Å². The highest BCUT2D eigenvalue weighted by Gasteiger charge is 2.53. The molecule has 0 bridgehead atoms. The maximum Gasteiger partial charge on any atom is 0.416 e. The van der Waals surface area contributed by atoms with Crippen molar-refractivity contribution < 1.29 is 17.9 Å². The molecule has 4 fully saturated rings. The molecule has 208 valence electrons. The summed E-state index contributed by atoms with van der Waals surface area (Å²) >= 11 is 6.34. The van der Waals surface area contributed by atoms with E-state index in [4.69, 9.17) is 16.3 Å². The van der Waals surface area contributed by atoms with Gasteiger partial charge in [0.05, 0.1) is 30.1 Å².